The zero-order valence-electron chi connectivity index (χ0n) is 26.7. The Balaban J connectivity index is 0.000000876. The maximum atomic E-state index is 14.5. The number of hydrogen-bond acceptors (Lipinski definition) is 1. The molecule has 0 aliphatic heterocycles. The van der Waals surface area contributed by atoms with Gasteiger partial charge in [0.2, 0.25) is 0 Å². The van der Waals surface area contributed by atoms with Gasteiger partial charge in [-0.25, -0.2) is 8.78 Å². The van der Waals surface area contributed by atoms with E-state index >= 15 is 0 Å². The van der Waals surface area contributed by atoms with E-state index in [0.717, 1.165) is 66.8 Å². The third kappa shape index (κ3) is 14.4. The Morgan fingerprint density at radius 1 is 1.00 bits per heavy atom. The smallest absolute Gasteiger partial charge is 0.266 e. The molecule has 0 heterocycles. The molecule has 0 fully saturated rings. The first-order valence-electron chi connectivity index (χ1n) is 14.6. The van der Waals surface area contributed by atoms with Crippen molar-refractivity contribution in [2.24, 2.45) is 4.99 Å². The van der Waals surface area contributed by atoms with Crippen LogP contribution in [0.2, 0.25) is 5.02 Å². The Morgan fingerprint density at radius 3 is 2.14 bits per heavy atom. The molecule has 0 aliphatic carbocycles. The van der Waals surface area contributed by atoms with Crippen molar-refractivity contribution in [3.63, 3.8) is 0 Å². The molecule has 0 saturated carbocycles. The van der Waals surface area contributed by atoms with E-state index in [2.05, 4.69) is 55.2 Å². The Hall–Kier alpha value is -2.25. The Morgan fingerprint density at radius 2 is 1.60 bits per heavy atom. The van der Waals surface area contributed by atoms with E-state index in [4.69, 9.17) is 11.6 Å². The lowest BCUT2D eigenvalue weighted by molar-refractivity contribution is -0.0878. The number of halogens is 7. The van der Waals surface area contributed by atoms with E-state index in [1.807, 2.05) is 39.0 Å². The molecular formula is C35H46BrClF5N. The lowest BCUT2D eigenvalue weighted by Gasteiger charge is -2.21. The van der Waals surface area contributed by atoms with E-state index in [0.29, 0.717) is 10.6 Å². The van der Waals surface area contributed by atoms with Crippen LogP contribution in [0.3, 0.4) is 0 Å². The van der Waals surface area contributed by atoms with Crippen molar-refractivity contribution in [2.75, 3.05) is 0 Å². The third-order valence-electron chi connectivity index (χ3n) is 6.51. The van der Waals surface area contributed by atoms with Crippen LogP contribution in [0.1, 0.15) is 110 Å². The number of allylic oxidation sites excluding steroid dienone is 4. The summed E-state index contributed by atoms with van der Waals surface area (Å²) in [5, 5.41) is 0.681. The zero-order chi connectivity index (χ0) is 33.3. The predicted molar refractivity (Wildman–Crippen MR) is 179 cm³/mol. The SMILES string of the molecule is C=C(/C=C\N=C(C)CCC)C(F)(F)F.CCC.CCCC/C(=C(/C)C(C)c1ccc(Br)c(F)c1F)c1cc(Cl)ccc1C. The van der Waals surface area contributed by atoms with E-state index in [1.54, 1.807) is 19.1 Å². The van der Waals surface area contributed by atoms with Crippen LogP contribution in [-0.2, 0) is 0 Å². The average molecular weight is 691 g/mol. The number of benzene rings is 2. The molecule has 8 heteroatoms. The highest BCUT2D eigenvalue weighted by Gasteiger charge is 2.29. The van der Waals surface area contributed by atoms with Gasteiger partial charge in [0, 0.05) is 28.4 Å². The summed E-state index contributed by atoms with van der Waals surface area (Å²) in [7, 11) is 0. The van der Waals surface area contributed by atoms with Crippen LogP contribution in [-0.4, -0.2) is 11.9 Å². The van der Waals surface area contributed by atoms with Gasteiger partial charge in [-0.1, -0.05) is 89.8 Å². The Labute approximate surface area is 269 Å². The topological polar surface area (TPSA) is 12.4 Å². The molecule has 1 unspecified atom stereocenters. The maximum Gasteiger partial charge on any atom is 0.415 e. The number of rotatable bonds is 10. The van der Waals surface area contributed by atoms with Gasteiger partial charge >= 0.3 is 6.18 Å². The standard InChI is InChI=1S/C22H24BrClF2.C10H14F3N.C3H8/c1-5-6-7-17(19-12-16(24)9-8-13(19)2)14(3)15(4)18-10-11-20(23)22(26)21(18)25;1-4-5-9(3)14-7-6-8(2)10(11,12)13;1-3-2/h8-12,15H,5-7H2,1-4H3;6-7H,2,4-5H2,1,3H3;3H2,1-2H3/b17-14+;7-6-,14-9?;. The third-order valence-corrected chi connectivity index (χ3v) is 7.36. The summed E-state index contributed by atoms with van der Waals surface area (Å²) in [6, 6.07) is 9.06. The molecule has 0 spiro atoms. The van der Waals surface area contributed by atoms with Crippen LogP contribution in [0.4, 0.5) is 22.0 Å². The number of nitrogens with zero attached hydrogens (tertiary/aromatic N) is 1. The van der Waals surface area contributed by atoms with Gasteiger partial charge < -0.3 is 0 Å². The lowest BCUT2D eigenvalue weighted by atomic mass is 9.84. The molecule has 0 bridgehead atoms. The van der Waals surface area contributed by atoms with Crippen LogP contribution < -0.4 is 0 Å². The van der Waals surface area contributed by atoms with Gasteiger partial charge in [-0.2, -0.15) is 13.2 Å². The van der Waals surface area contributed by atoms with E-state index < -0.39 is 23.4 Å². The molecule has 0 aromatic heterocycles. The van der Waals surface area contributed by atoms with Crippen LogP contribution >= 0.6 is 27.5 Å². The summed E-state index contributed by atoms with van der Waals surface area (Å²) >= 11 is 9.26. The molecule has 0 saturated heterocycles. The average Bonchev–Trinajstić information content (AvgIpc) is 2.93. The molecule has 0 radical (unpaired) electrons. The molecule has 1 atom stereocenters. The van der Waals surface area contributed by atoms with Crippen LogP contribution in [0.5, 0.6) is 0 Å². The van der Waals surface area contributed by atoms with Crippen molar-refractivity contribution in [1.82, 2.24) is 0 Å². The van der Waals surface area contributed by atoms with Gasteiger partial charge in [0.15, 0.2) is 11.6 Å². The van der Waals surface area contributed by atoms with E-state index in [1.165, 1.54) is 12.0 Å². The number of unbranched alkanes of at least 4 members (excludes halogenated alkanes) is 1. The normalized spacial score (nSPS) is 13.0. The van der Waals surface area contributed by atoms with Crippen LogP contribution in [0.25, 0.3) is 5.57 Å². The van der Waals surface area contributed by atoms with Crippen molar-refractivity contribution in [2.45, 2.75) is 106 Å². The molecule has 2 rings (SSSR count). The van der Waals surface area contributed by atoms with E-state index in [-0.39, 0.29) is 10.4 Å². The summed E-state index contributed by atoms with van der Waals surface area (Å²) in [4.78, 5) is 3.84. The van der Waals surface area contributed by atoms with Crippen molar-refractivity contribution >= 4 is 38.8 Å². The molecule has 0 N–H and O–H groups in total. The van der Waals surface area contributed by atoms with Gasteiger partial charge in [0.05, 0.1) is 4.47 Å². The molecule has 240 valence electrons. The fourth-order valence-corrected chi connectivity index (χ4v) is 4.44. The highest BCUT2D eigenvalue weighted by Crippen LogP contribution is 2.37. The minimum Gasteiger partial charge on any atom is -0.266 e. The largest absolute Gasteiger partial charge is 0.415 e. The van der Waals surface area contributed by atoms with Gasteiger partial charge in [-0.3, -0.25) is 4.99 Å². The number of alkyl halides is 3. The Kier molecular flexibility index (Phi) is 19.6. The summed E-state index contributed by atoms with van der Waals surface area (Å²) in [6.45, 7) is 19.0. The molecular weight excluding hydrogens is 645 g/mol. The van der Waals surface area contributed by atoms with Crippen molar-refractivity contribution < 1.29 is 22.0 Å². The summed E-state index contributed by atoms with van der Waals surface area (Å²) in [5.41, 5.74) is 4.75. The highest BCUT2D eigenvalue weighted by molar-refractivity contribution is 9.10. The van der Waals surface area contributed by atoms with Crippen LogP contribution in [0.15, 0.2) is 69.8 Å². The predicted octanol–water partition coefficient (Wildman–Crippen LogP) is 13.8. The monoisotopic (exact) mass is 689 g/mol. The van der Waals surface area contributed by atoms with Gasteiger partial charge in [0.25, 0.3) is 0 Å². The first-order valence-corrected chi connectivity index (χ1v) is 15.8. The highest BCUT2D eigenvalue weighted by atomic mass is 79.9. The van der Waals surface area contributed by atoms with Gasteiger partial charge in [-0.05, 0) is 103 Å². The second-order valence-corrected chi connectivity index (χ2v) is 11.7. The molecule has 2 aromatic rings. The van der Waals surface area contributed by atoms with Crippen molar-refractivity contribution in [3.8, 4) is 0 Å². The summed E-state index contributed by atoms with van der Waals surface area (Å²) < 4.78 is 64.4. The fraction of sp³-hybridized carbons (Fsp3) is 0.457. The van der Waals surface area contributed by atoms with Gasteiger partial charge in [-0.15, -0.1) is 0 Å². The Bertz CT molecular complexity index is 1260. The lowest BCUT2D eigenvalue weighted by Crippen LogP contribution is -2.08. The van der Waals surface area contributed by atoms with Crippen LogP contribution in [0, 0.1) is 18.6 Å². The summed E-state index contributed by atoms with van der Waals surface area (Å²) in [6.07, 6.45) is 3.61. The minimum atomic E-state index is -4.36. The fourth-order valence-electron chi connectivity index (χ4n) is 3.96. The second kappa shape index (κ2) is 20.7. The quantitative estimate of drug-likeness (QED) is 0.102. The molecule has 1 nitrogen and oxygen atoms in total. The molecule has 43 heavy (non-hydrogen) atoms. The molecule has 2 aromatic carbocycles. The molecule has 0 amide bonds. The first-order chi connectivity index (χ1) is 20.1. The first kappa shape index (κ1) is 40.8. The molecule has 0 aliphatic rings. The van der Waals surface area contributed by atoms with Gasteiger partial charge in [0.1, 0.15) is 0 Å². The van der Waals surface area contributed by atoms with E-state index in [9.17, 15) is 22.0 Å². The number of aliphatic imine (C=N–C) groups is 1. The number of hydrogen-bond donors (Lipinski definition) is 0. The zero-order valence-corrected chi connectivity index (χ0v) is 29.0. The number of aryl methyl sites for hydroxylation is 1. The maximum absolute atomic E-state index is 14.5. The van der Waals surface area contributed by atoms with Crippen molar-refractivity contribution in [1.29, 1.82) is 0 Å². The summed E-state index contributed by atoms with van der Waals surface area (Å²) in [5.74, 6) is -1.86. The second-order valence-electron chi connectivity index (χ2n) is 10.4. The van der Waals surface area contributed by atoms with Crippen molar-refractivity contribution in [3.05, 3.63) is 98.2 Å². The minimum absolute atomic E-state index is 0.143.